The first kappa shape index (κ1) is 19.2. The maximum absolute atomic E-state index is 13.4. The highest BCUT2D eigenvalue weighted by molar-refractivity contribution is 5.79. The third-order valence-electron chi connectivity index (χ3n) is 5.98. The summed E-state index contributed by atoms with van der Waals surface area (Å²) in [4.78, 5) is 6.69. The van der Waals surface area contributed by atoms with Crippen molar-refractivity contribution in [2.75, 3.05) is 40.4 Å². The van der Waals surface area contributed by atoms with E-state index in [0.29, 0.717) is 5.92 Å². The molecule has 1 aliphatic carbocycles. The van der Waals surface area contributed by atoms with Crippen molar-refractivity contribution in [3.05, 3.63) is 35.6 Å². The van der Waals surface area contributed by atoms with Gasteiger partial charge in [0, 0.05) is 45.1 Å². The first-order valence-electron chi connectivity index (χ1n) is 9.88. The Bertz CT molecular complexity index is 590. The molecule has 1 aliphatic heterocycles. The van der Waals surface area contributed by atoms with Crippen LogP contribution in [0.3, 0.4) is 0 Å². The number of guanidine groups is 1. The first-order chi connectivity index (χ1) is 12.6. The van der Waals surface area contributed by atoms with Crippen LogP contribution in [0.15, 0.2) is 29.3 Å². The van der Waals surface area contributed by atoms with Gasteiger partial charge in [-0.1, -0.05) is 31.4 Å². The van der Waals surface area contributed by atoms with Crippen molar-refractivity contribution in [2.45, 2.75) is 43.9 Å². The summed E-state index contributed by atoms with van der Waals surface area (Å²) in [6.07, 6.45) is 7.16. The third kappa shape index (κ3) is 4.56. The van der Waals surface area contributed by atoms with Crippen molar-refractivity contribution in [1.29, 1.82) is 0 Å². The Labute approximate surface area is 156 Å². The van der Waals surface area contributed by atoms with Gasteiger partial charge in [0.15, 0.2) is 5.96 Å². The molecule has 26 heavy (non-hydrogen) atoms. The second-order valence-corrected chi connectivity index (χ2v) is 7.86. The molecule has 1 saturated carbocycles. The molecule has 1 heterocycles. The van der Waals surface area contributed by atoms with Gasteiger partial charge in [-0.25, -0.2) is 4.39 Å². The number of rotatable bonds is 5. The summed E-state index contributed by atoms with van der Waals surface area (Å²) >= 11 is 0. The van der Waals surface area contributed by atoms with Crippen molar-refractivity contribution in [3.63, 3.8) is 0 Å². The highest BCUT2D eigenvalue weighted by Crippen LogP contribution is 2.39. The molecule has 1 aromatic carbocycles. The zero-order valence-electron chi connectivity index (χ0n) is 16.1. The second-order valence-electron chi connectivity index (χ2n) is 7.86. The molecule has 1 aromatic rings. The molecule has 144 valence electrons. The van der Waals surface area contributed by atoms with E-state index in [2.05, 4.69) is 22.3 Å². The van der Waals surface area contributed by atoms with Gasteiger partial charge in [0.1, 0.15) is 5.82 Å². The van der Waals surface area contributed by atoms with E-state index in [1.807, 2.05) is 19.2 Å². The number of hydrogen-bond acceptors (Lipinski definition) is 2. The smallest absolute Gasteiger partial charge is 0.193 e. The standard InChI is InChI=1S/C21H32FN3O/c1-23-20(25(2)14-17-10-13-26-15-17)24-16-21(11-4-3-5-12-21)18-6-8-19(22)9-7-18/h6-9,17H,3-5,10-16H2,1-2H3,(H,23,24). The van der Waals surface area contributed by atoms with Crippen LogP contribution < -0.4 is 5.32 Å². The Balaban J connectivity index is 1.67. The summed E-state index contributed by atoms with van der Waals surface area (Å²) in [6.45, 7) is 3.53. The molecule has 1 saturated heterocycles. The van der Waals surface area contributed by atoms with Gasteiger partial charge in [-0.15, -0.1) is 0 Å². The predicted molar refractivity (Wildman–Crippen MR) is 104 cm³/mol. The van der Waals surface area contributed by atoms with Gasteiger partial charge in [-0.3, -0.25) is 4.99 Å². The normalized spacial score (nSPS) is 23.0. The Morgan fingerprint density at radius 3 is 2.62 bits per heavy atom. The molecule has 4 nitrogen and oxygen atoms in total. The summed E-state index contributed by atoms with van der Waals surface area (Å²) in [5, 5.41) is 3.61. The van der Waals surface area contributed by atoms with Crippen LogP contribution in [0.25, 0.3) is 0 Å². The lowest BCUT2D eigenvalue weighted by molar-refractivity contribution is 0.181. The molecule has 3 rings (SSSR count). The molecule has 0 aromatic heterocycles. The maximum atomic E-state index is 13.4. The minimum Gasteiger partial charge on any atom is -0.381 e. The number of ether oxygens (including phenoxy) is 1. The fourth-order valence-electron chi connectivity index (χ4n) is 4.43. The molecule has 0 amide bonds. The van der Waals surface area contributed by atoms with Crippen molar-refractivity contribution in [1.82, 2.24) is 10.2 Å². The summed E-state index contributed by atoms with van der Waals surface area (Å²) < 4.78 is 18.9. The molecule has 2 fully saturated rings. The number of benzene rings is 1. The van der Waals surface area contributed by atoms with Crippen molar-refractivity contribution >= 4 is 5.96 Å². The minimum atomic E-state index is -0.165. The van der Waals surface area contributed by atoms with Crippen molar-refractivity contribution in [2.24, 2.45) is 10.9 Å². The third-order valence-corrected chi connectivity index (χ3v) is 5.98. The van der Waals surface area contributed by atoms with E-state index >= 15 is 0 Å². The van der Waals surface area contributed by atoms with Crippen LogP contribution in [-0.4, -0.2) is 51.3 Å². The van der Waals surface area contributed by atoms with Crippen molar-refractivity contribution in [3.8, 4) is 0 Å². The van der Waals surface area contributed by atoms with E-state index in [1.165, 1.54) is 24.8 Å². The highest BCUT2D eigenvalue weighted by atomic mass is 19.1. The summed E-state index contributed by atoms with van der Waals surface area (Å²) in [5.74, 6) is 1.35. The van der Waals surface area contributed by atoms with E-state index in [1.54, 1.807) is 12.1 Å². The van der Waals surface area contributed by atoms with Gasteiger partial charge in [-0.05, 0) is 37.0 Å². The van der Waals surface area contributed by atoms with Crippen LogP contribution >= 0.6 is 0 Å². The van der Waals surface area contributed by atoms with Crippen LogP contribution in [0.2, 0.25) is 0 Å². The quantitative estimate of drug-likeness (QED) is 0.643. The number of nitrogens with one attached hydrogen (secondary N) is 1. The lowest BCUT2D eigenvalue weighted by atomic mass is 9.69. The topological polar surface area (TPSA) is 36.9 Å². The fraction of sp³-hybridized carbons (Fsp3) is 0.667. The maximum Gasteiger partial charge on any atom is 0.193 e. The molecular formula is C21H32FN3O. The average molecular weight is 362 g/mol. The zero-order valence-corrected chi connectivity index (χ0v) is 16.1. The largest absolute Gasteiger partial charge is 0.381 e. The molecule has 0 spiro atoms. The van der Waals surface area contributed by atoms with Gasteiger partial charge >= 0.3 is 0 Å². The molecule has 2 aliphatic rings. The second kappa shape index (κ2) is 8.85. The minimum absolute atomic E-state index is 0.0687. The average Bonchev–Trinajstić information content (AvgIpc) is 3.16. The van der Waals surface area contributed by atoms with E-state index in [-0.39, 0.29) is 11.2 Å². The number of hydrogen-bond donors (Lipinski definition) is 1. The van der Waals surface area contributed by atoms with Gasteiger partial charge in [0.2, 0.25) is 0 Å². The van der Waals surface area contributed by atoms with Crippen LogP contribution in [-0.2, 0) is 10.2 Å². The van der Waals surface area contributed by atoms with E-state index < -0.39 is 0 Å². The fourth-order valence-corrected chi connectivity index (χ4v) is 4.43. The van der Waals surface area contributed by atoms with E-state index in [9.17, 15) is 4.39 Å². The summed E-state index contributed by atoms with van der Waals surface area (Å²) in [7, 11) is 3.94. The van der Waals surface area contributed by atoms with Gasteiger partial charge in [0.05, 0.1) is 6.61 Å². The van der Waals surface area contributed by atoms with Crippen LogP contribution in [0.4, 0.5) is 4.39 Å². The number of aliphatic imine (C=N–C) groups is 1. The van der Waals surface area contributed by atoms with E-state index in [4.69, 9.17) is 4.74 Å². The lowest BCUT2D eigenvalue weighted by Gasteiger charge is -2.39. The molecule has 0 bridgehead atoms. The molecule has 0 radical (unpaired) electrons. The summed E-state index contributed by atoms with van der Waals surface area (Å²) in [6, 6.07) is 7.11. The van der Waals surface area contributed by atoms with Gasteiger partial charge in [-0.2, -0.15) is 0 Å². The van der Waals surface area contributed by atoms with Gasteiger partial charge < -0.3 is 15.0 Å². The first-order valence-corrected chi connectivity index (χ1v) is 9.88. The lowest BCUT2D eigenvalue weighted by Crippen LogP contribution is -2.48. The predicted octanol–water partition coefficient (Wildman–Crippen LogP) is 3.57. The van der Waals surface area contributed by atoms with Crippen LogP contribution in [0.5, 0.6) is 0 Å². The monoisotopic (exact) mass is 361 g/mol. The van der Waals surface area contributed by atoms with E-state index in [0.717, 1.165) is 51.5 Å². The molecule has 5 heteroatoms. The summed E-state index contributed by atoms with van der Waals surface area (Å²) in [5.41, 5.74) is 1.31. The Hall–Kier alpha value is -1.62. The van der Waals surface area contributed by atoms with Crippen LogP contribution in [0, 0.1) is 11.7 Å². The highest BCUT2D eigenvalue weighted by Gasteiger charge is 2.34. The Kier molecular flexibility index (Phi) is 6.52. The molecule has 1 atom stereocenters. The van der Waals surface area contributed by atoms with Crippen LogP contribution in [0.1, 0.15) is 44.1 Å². The van der Waals surface area contributed by atoms with Gasteiger partial charge in [0.25, 0.3) is 0 Å². The molecule has 1 N–H and O–H groups in total. The number of halogens is 1. The Morgan fingerprint density at radius 2 is 2.00 bits per heavy atom. The zero-order chi connectivity index (χ0) is 18.4. The molecular weight excluding hydrogens is 329 g/mol. The SMILES string of the molecule is CN=C(NCC1(c2ccc(F)cc2)CCCCC1)N(C)CC1CCOC1. The Morgan fingerprint density at radius 1 is 1.27 bits per heavy atom. The number of nitrogens with zero attached hydrogens (tertiary/aromatic N) is 2. The van der Waals surface area contributed by atoms with Crippen molar-refractivity contribution < 1.29 is 9.13 Å². The molecule has 1 unspecified atom stereocenters.